The van der Waals surface area contributed by atoms with E-state index in [1.54, 1.807) is 17.0 Å². The second kappa shape index (κ2) is 7.88. The fourth-order valence-electron chi connectivity index (χ4n) is 2.56. The number of thiophene rings is 1. The Bertz CT molecular complexity index is 913. The number of nitrogens with zero attached hydrogens (tertiary/aromatic N) is 2. The third kappa shape index (κ3) is 4.68. The smallest absolute Gasteiger partial charge is 0.410 e. The molecular weight excluding hydrogens is 402 g/mol. The van der Waals surface area contributed by atoms with Gasteiger partial charge in [0, 0.05) is 17.8 Å². The molecule has 0 bridgehead atoms. The zero-order chi connectivity index (χ0) is 20.5. The monoisotopic (exact) mass is 423 g/mol. The van der Waals surface area contributed by atoms with Crippen LogP contribution in [0.15, 0.2) is 12.1 Å². The van der Waals surface area contributed by atoms with E-state index >= 15 is 0 Å². The minimum atomic E-state index is -0.548. The molecule has 0 unspecified atom stereocenters. The lowest BCUT2D eigenvalue weighted by atomic mass is 10.2. The Balaban J connectivity index is 1.65. The number of thiazole rings is 1. The first-order valence-electron chi connectivity index (χ1n) is 8.62. The van der Waals surface area contributed by atoms with Crippen LogP contribution in [-0.2, 0) is 22.4 Å². The summed E-state index contributed by atoms with van der Waals surface area (Å²) in [6.07, 6.45) is 0.248. The van der Waals surface area contributed by atoms with E-state index in [4.69, 9.17) is 4.74 Å². The van der Waals surface area contributed by atoms with Crippen molar-refractivity contribution < 1.29 is 23.9 Å². The van der Waals surface area contributed by atoms with E-state index in [0.29, 0.717) is 34.4 Å². The first kappa shape index (κ1) is 20.3. The number of ether oxygens (including phenoxy) is 2. The molecule has 2 aromatic heterocycles. The number of carbonyl (C=O) groups excluding carboxylic acids is 3. The minimum Gasteiger partial charge on any atom is -0.465 e. The molecule has 0 saturated carbocycles. The molecule has 2 amide bonds. The van der Waals surface area contributed by atoms with Gasteiger partial charge < -0.3 is 14.4 Å². The summed E-state index contributed by atoms with van der Waals surface area (Å²) in [6.45, 7) is 6.42. The molecule has 1 N–H and O–H groups in total. The van der Waals surface area contributed by atoms with Gasteiger partial charge >= 0.3 is 12.1 Å². The molecule has 0 atom stereocenters. The normalized spacial score (nSPS) is 13.6. The molecular formula is C18H21N3O5S2. The average Bonchev–Trinajstić information content (AvgIpc) is 3.25. The van der Waals surface area contributed by atoms with Crippen LogP contribution in [0.2, 0.25) is 0 Å². The fraction of sp³-hybridized carbons (Fsp3) is 0.444. The maximum Gasteiger partial charge on any atom is 0.410 e. The van der Waals surface area contributed by atoms with Crippen molar-refractivity contribution in [2.24, 2.45) is 0 Å². The number of carbonyl (C=O) groups is 3. The molecule has 8 nitrogen and oxygen atoms in total. The predicted molar refractivity (Wildman–Crippen MR) is 106 cm³/mol. The van der Waals surface area contributed by atoms with Gasteiger partial charge in [-0.25, -0.2) is 14.6 Å². The van der Waals surface area contributed by atoms with Crippen LogP contribution in [0.25, 0.3) is 0 Å². The molecule has 0 aromatic carbocycles. The van der Waals surface area contributed by atoms with Gasteiger partial charge in [-0.3, -0.25) is 10.1 Å². The van der Waals surface area contributed by atoms with E-state index in [0.717, 1.165) is 21.9 Å². The second-order valence-corrected chi connectivity index (χ2v) is 9.32. The molecule has 1 aliphatic rings. The molecule has 10 heteroatoms. The highest BCUT2D eigenvalue weighted by atomic mass is 32.1. The van der Waals surface area contributed by atoms with Gasteiger partial charge in [-0.15, -0.1) is 11.3 Å². The first-order valence-corrected chi connectivity index (χ1v) is 10.3. The number of anilines is 1. The molecule has 150 valence electrons. The average molecular weight is 424 g/mol. The summed E-state index contributed by atoms with van der Waals surface area (Å²) < 4.78 is 10.1. The van der Waals surface area contributed by atoms with Crippen molar-refractivity contribution in [1.29, 1.82) is 0 Å². The SMILES string of the molecule is COC(=O)c1ccc(C(=O)Nc2nc3c(s2)CN(C(=O)OC(C)(C)C)CC3)s1. The lowest BCUT2D eigenvalue weighted by molar-refractivity contribution is 0.0225. The highest BCUT2D eigenvalue weighted by Crippen LogP contribution is 2.30. The van der Waals surface area contributed by atoms with Gasteiger partial charge in [0.1, 0.15) is 10.5 Å². The topological polar surface area (TPSA) is 97.8 Å². The van der Waals surface area contributed by atoms with Crippen LogP contribution >= 0.6 is 22.7 Å². The van der Waals surface area contributed by atoms with Crippen LogP contribution in [0.5, 0.6) is 0 Å². The van der Waals surface area contributed by atoms with Gasteiger partial charge in [-0.2, -0.15) is 0 Å². The standard InChI is InChI=1S/C18H21N3O5S2/c1-18(2,3)26-17(24)21-8-7-10-13(9-21)28-16(19-10)20-14(22)11-5-6-12(27-11)15(23)25-4/h5-6H,7-9H2,1-4H3,(H,19,20,22). The van der Waals surface area contributed by atoms with Gasteiger partial charge in [0.05, 0.1) is 24.2 Å². The van der Waals surface area contributed by atoms with Crippen molar-refractivity contribution in [2.45, 2.75) is 39.3 Å². The van der Waals surface area contributed by atoms with Gasteiger partial charge in [0.2, 0.25) is 0 Å². The summed E-state index contributed by atoms with van der Waals surface area (Å²) >= 11 is 2.39. The molecule has 0 saturated heterocycles. The number of nitrogens with one attached hydrogen (secondary N) is 1. The third-order valence-electron chi connectivity index (χ3n) is 3.82. The number of rotatable bonds is 3. The first-order chi connectivity index (χ1) is 13.2. The lowest BCUT2D eigenvalue weighted by Gasteiger charge is -2.29. The molecule has 3 heterocycles. The zero-order valence-corrected chi connectivity index (χ0v) is 17.7. The van der Waals surface area contributed by atoms with E-state index in [1.165, 1.54) is 18.4 Å². The maximum absolute atomic E-state index is 12.4. The highest BCUT2D eigenvalue weighted by Gasteiger charge is 2.28. The van der Waals surface area contributed by atoms with Crippen LogP contribution in [0.3, 0.4) is 0 Å². The molecule has 0 aliphatic carbocycles. The second-order valence-electron chi connectivity index (χ2n) is 7.15. The number of fused-ring (bicyclic) bond motifs is 1. The van der Waals surface area contributed by atoms with Crippen molar-refractivity contribution >= 4 is 45.8 Å². The van der Waals surface area contributed by atoms with Crippen LogP contribution < -0.4 is 5.32 Å². The van der Waals surface area contributed by atoms with Crippen molar-refractivity contribution in [2.75, 3.05) is 19.0 Å². The summed E-state index contributed by atoms with van der Waals surface area (Å²) in [4.78, 5) is 44.0. The largest absolute Gasteiger partial charge is 0.465 e. The highest BCUT2D eigenvalue weighted by molar-refractivity contribution is 7.17. The summed E-state index contributed by atoms with van der Waals surface area (Å²) in [5.41, 5.74) is 0.329. The summed E-state index contributed by atoms with van der Waals surface area (Å²) in [5.74, 6) is -0.814. The van der Waals surface area contributed by atoms with Gasteiger partial charge in [-0.05, 0) is 32.9 Å². The van der Waals surface area contributed by atoms with Gasteiger partial charge in [0.25, 0.3) is 5.91 Å². The summed E-state index contributed by atoms with van der Waals surface area (Å²) in [6, 6.07) is 3.13. The van der Waals surface area contributed by atoms with E-state index in [2.05, 4.69) is 15.0 Å². The van der Waals surface area contributed by atoms with Gasteiger partial charge in [0.15, 0.2) is 5.13 Å². The van der Waals surface area contributed by atoms with E-state index in [1.807, 2.05) is 20.8 Å². The quantitative estimate of drug-likeness (QED) is 0.759. The number of hydrogen-bond acceptors (Lipinski definition) is 8. The molecule has 0 spiro atoms. The number of esters is 1. The Morgan fingerprint density at radius 3 is 2.57 bits per heavy atom. The molecule has 2 aromatic rings. The molecule has 1 aliphatic heterocycles. The Morgan fingerprint density at radius 1 is 1.18 bits per heavy atom. The van der Waals surface area contributed by atoms with Crippen molar-refractivity contribution in [3.63, 3.8) is 0 Å². The van der Waals surface area contributed by atoms with Crippen molar-refractivity contribution in [3.05, 3.63) is 32.5 Å². The number of aromatic nitrogens is 1. The van der Waals surface area contributed by atoms with Gasteiger partial charge in [-0.1, -0.05) is 11.3 Å². The Labute approximate surface area is 170 Å². The van der Waals surface area contributed by atoms with E-state index in [-0.39, 0.29) is 12.0 Å². The summed E-state index contributed by atoms with van der Waals surface area (Å²) in [7, 11) is 1.29. The third-order valence-corrected chi connectivity index (χ3v) is 5.88. The van der Waals surface area contributed by atoms with Crippen LogP contribution in [0.1, 0.15) is 50.7 Å². The van der Waals surface area contributed by atoms with E-state index < -0.39 is 11.6 Å². The minimum absolute atomic E-state index is 0.338. The molecule has 28 heavy (non-hydrogen) atoms. The fourth-order valence-corrected chi connectivity index (χ4v) is 4.40. The van der Waals surface area contributed by atoms with E-state index in [9.17, 15) is 14.4 Å². The van der Waals surface area contributed by atoms with Crippen molar-refractivity contribution in [1.82, 2.24) is 9.88 Å². The summed E-state index contributed by atoms with van der Waals surface area (Å²) in [5, 5.41) is 3.23. The van der Waals surface area contributed by atoms with Crippen molar-refractivity contribution in [3.8, 4) is 0 Å². The predicted octanol–water partition coefficient (Wildman–Crippen LogP) is 3.54. The van der Waals surface area contributed by atoms with Crippen LogP contribution in [0, 0.1) is 0 Å². The molecule has 3 rings (SSSR count). The molecule has 0 radical (unpaired) electrons. The number of hydrogen-bond donors (Lipinski definition) is 1. The Kier molecular flexibility index (Phi) is 5.71. The Hall–Kier alpha value is -2.46. The lowest BCUT2D eigenvalue weighted by Crippen LogP contribution is -2.39. The number of methoxy groups -OCH3 is 1. The Morgan fingerprint density at radius 2 is 1.89 bits per heavy atom. The zero-order valence-electron chi connectivity index (χ0n) is 16.0. The van der Waals surface area contributed by atoms with Crippen LogP contribution in [-0.4, -0.2) is 47.1 Å². The maximum atomic E-state index is 12.4. The van der Waals surface area contributed by atoms with Crippen LogP contribution in [0.4, 0.5) is 9.93 Å². The molecule has 0 fully saturated rings. The number of amides is 2.